The van der Waals surface area contributed by atoms with E-state index in [1.807, 2.05) is 37.3 Å². The Balaban J connectivity index is 1.84. The zero-order valence-electron chi connectivity index (χ0n) is 14.2. The summed E-state index contributed by atoms with van der Waals surface area (Å²) in [5.74, 6) is 0.177. The lowest BCUT2D eigenvalue weighted by atomic mass is 10.1. The molecule has 0 radical (unpaired) electrons. The van der Waals surface area contributed by atoms with E-state index >= 15 is 0 Å². The number of rotatable bonds is 5. The summed E-state index contributed by atoms with van der Waals surface area (Å²) in [7, 11) is 0. The Labute approximate surface area is 172 Å². The number of nitrogens with zero attached hydrogens (tertiary/aromatic N) is 1. The average molecular weight is 422 g/mol. The molecule has 0 aliphatic rings. The van der Waals surface area contributed by atoms with Crippen LogP contribution < -0.4 is 10.1 Å². The lowest BCUT2D eigenvalue weighted by Crippen LogP contribution is -2.27. The van der Waals surface area contributed by atoms with Crippen LogP contribution in [-0.2, 0) is 0 Å². The first-order valence-corrected chi connectivity index (χ1v) is 9.21. The molecule has 138 valence electrons. The molecule has 1 N–H and O–H groups in total. The fraction of sp³-hybridized carbons (Fsp3) is 0.100. The molecular weight excluding hydrogens is 407 g/mol. The molecule has 4 nitrogen and oxygen atoms in total. The van der Waals surface area contributed by atoms with Crippen LogP contribution in [0, 0.1) is 0 Å². The molecule has 7 heteroatoms. The van der Waals surface area contributed by atoms with Gasteiger partial charge < -0.3 is 10.1 Å². The summed E-state index contributed by atoms with van der Waals surface area (Å²) in [6, 6.07) is 15.7. The number of pyridine rings is 1. The second-order valence-corrected chi connectivity index (χ2v) is 7.04. The predicted molar refractivity (Wildman–Crippen MR) is 108 cm³/mol. The van der Waals surface area contributed by atoms with Crippen LogP contribution in [-0.4, -0.2) is 10.9 Å². The van der Waals surface area contributed by atoms with Gasteiger partial charge in [0.25, 0.3) is 5.91 Å². The van der Waals surface area contributed by atoms with E-state index in [9.17, 15) is 4.79 Å². The molecule has 0 unspecified atom stereocenters. The summed E-state index contributed by atoms with van der Waals surface area (Å²) < 4.78 is 5.74. The average Bonchev–Trinajstić information content (AvgIpc) is 2.66. The quantitative estimate of drug-likeness (QED) is 0.524. The van der Waals surface area contributed by atoms with Crippen molar-refractivity contribution in [3.05, 3.63) is 87.0 Å². The summed E-state index contributed by atoms with van der Waals surface area (Å²) in [5, 5.41) is 3.99. The van der Waals surface area contributed by atoms with Gasteiger partial charge in [0, 0.05) is 12.3 Å². The zero-order chi connectivity index (χ0) is 19.4. The minimum Gasteiger partial charge on any atom is -0.438 e. The first-order valence-electron chi connectivity index (χ1n) is 8.08. The minimum atomic E-state index is -0.351. The second-order valence-electron chi connectivity index (χ2n) is 5.79. The molecular formula is C20H15Cl3N2O2. The maximum absolute atomic E-state index is 12.8. The van der Waals surface area contributed by atoms with Crippen molar-refractivity contribution in [3.63, 3.8) is 0 Å². The number of hydrogen-bond donors (Lipinski definition) is 1. The Morgan fingerprint density at radius 3 is 2.48 bits per heavy atom. The van der Waals surface area contributed by atoms with Gasteiger partial charge in [0.05, 0.1) is 21.1 Å². The molecule has 1 atom stereocenters. The number of aromatic nitrogens is 1. The van der Waals surface area contributed by atoms with Gasteiger partial charge in [-0.2, -0.15) is 0 Å². The van der Waals surface area contributed by atoms with Gasteiger partial charge in [-0.3, -0.25) is 4.79 Å². The van der Waals surface area contributed by atoms with E-state index in [-0.39, 0.29) is 23.4 Å². The van der Waals surface area contributed by atoms with Crippen molar-refractivity contribution < 1.29 is 9.53 Å². The van der Waals surface area contributed by atoms with Crippen molar-refractivity contribution in [1.82, 2.24) is 10.3 Å². The number of ether oxygens (including phenoxy) is 1. The van der Waals surface area contributed by atoms with Crippen LogP contribution in [0.15, 0.2) is 60.8 Å². The lowest BCUT2D eigenvalue weighted by Gasteiger charge is -2.16. The third-order valence-corrected chi connectivity index (χ3v) is 4.76. The smallest absolute Gasteiger partial charge is 0.257 e. The Hall–Kier alpha value is -2.27. The molecule has 3 rings (SSSR count). The van der Waals surface area contributed by atoms with Crippen LogP contribution in [0.3, 0.4) is 0 Å². The number of halogens is 3. The summed E-state index contributed by atoms with van der Waals surface area (Å²) in [6.07, 6.45) is 1.41. The van der Waals surface area contributed by atoms with Crippen molar-refractivity contribution >= 4 is 40.7 Å². The van der Waals surface area contributed by atoms with Gasteiger partial charge in [-0.25, -0.2) is 4.98 Å². The highest BCUT2D eigenvalue weighted by Gasteiger charge is 2.18. The summed E-state index contributed by atoms with van der Waals surface area (Å²) in [4.78, 5) is 16.9. The highest BCUT2D eigenvalue weighted by molar-refractivity contribution is 6.42. The van der Waals surface area contributed by atoms with Gasteiger partial charge in [0.15, 0.2) is 0 Å². The van der Waals surface area contributed by atoms with E-state index in [4.69, 9.17) is 39.5 Å². The van der Waals surface area contributed by atoms with Crippen molar-refractivity contribution in [2.24, 2.45) is 0 Å². The van der Waals surface area contributed by atoms with E-state index in [0.717, 1.165) is 5.56 Å². The van der Waals surface area contributed by atoms with Crippen molar-refractivity contribution in [3.8, 4) is 11.6 Å². The molecule has 1 amide bonds. The van der Waals surface area contributed by atoms with Crippen LogP contribution in [0.1, 0.15) is 28.9 Å². The maximum Gasteiger partial charge on any atom is 0.257 e. The van der Waals surface area contributed by atoms with Crippen LogP contribution >= 0.6 is 34.8 Å². The van der Waals surface area contributed by atoms with E-state index in [1.165, 1.54) is 12.3 Å². The number of hydrogen-bond acceptors (Lipinski definition) is 3. The number of carbonyl (C=O) groups excluding carboxylic acids is 1. The van der Waals surface area contributed by atoms with E-state index in [0.29, 0.717) is 20.8 Å². The van der Waals surface area contributed by atoms with Crippen molar-refractivity contribution in [2.45, 2.75) is 13.0 Å². The second kappa shape index (κ2) is 8.61. The first kappa shape index (κ1) is 19.5. The van der Waals surface area contributed by atoms with Gasteiger partial charge in [0.1, 0.15) is 11.3 Å². The highest BCUT2D eigenvalue weighted by Crippen LogP contribution is 2.31. The zero-order valence-corrected chi connectivity index (χ0v) is 16.5. The fourth-order valence-electron chi connectivity index (χ4n) is 2.42. The van der Waals surface area contributed by atoms with Gasteiger partial charge in [0.2, 0.25) is 5.88 Å². The normalized spacial score (nSPS) is 11.7. The van der Waals surface area contributed by atoms with Crippen LogP contribution in [0.4, 0.5) is 0 Å². The topological polar surface area (TPSA) is 51.2 Å². The molecule has 0 saturated carbocycles. The fourth-order valence-corrected chi connectivity index (χ4v) is 2.87. The number of nitrogens with one attached hydrogen (secondary N) is 1. The van der Waals surface area contributed by atoms with E-state index in [1.54, 1.807) is 18.2 Å². The Morgan fingerprint density at radius 1 is 1.04 bits per heavy atom. The van der Waals surface area contributed by atoms with Crippen molar-refractivity contribution in [2.75, 3.05) is 0 Å². The molecule has 0 aliphatic heterocycles. The van der Waals surface area contributed by atoms with E-state index in [2.05, 4.69) is 10.3 Å². The minimum absolute atomic E-state index is 0.121. The monoisotopic (exact) mass is 420 g/mol. The summed E-state index contributed by atoms with van der Waals surface area (Å²) in [6.45, 7) is 1.89. The molecule has 3 aromatic rings. The van der Waals surface area contributed by atoms with Crippen molar-refractivity contribution in [1.29, 1.82) is 0 Å². The summed E-state index contributed by atoms with van der Waals surface area (Å²) >= 11 is 18.0. The Morgan fingerprint density at radius 2 is 1.78 bits per heavy atom. The number of amides is 1. The van der Waals surface area contributed by atoms with Crippen LogP contribution in [0.25, 0.3) is 0 Å². The van der Waals surface area contributed by atoms with Gasteiger partial charge in [-0.15, -0.1) is 0 Å². The molecule has 0 fully saturated rings. The predicted octanol–water partition coefficient (Wildman–Crippen LogP) is 6.33. The molecule has 1 aromatic heterocycles. The molecule has 0 saturated heterocycles. The summed E-state index contributed by atoms with van der Waals surface area (Å²) in [5.41, 5.74) is 1.20. The molecule has 0 spiro atoms. The lowest BCUT2D eigenvalue weighted by molar-refractivity contribution is 0.0937. The third-order valence-electron chi connectivity index (χ3n) is 3.82. The number of carbonyl (C=O) groups is 1. The molecule has 0 aliphatic carbocycles. The molecule has 27 heavy (non-hydrogen) atoms. The SMILES string of the molecule is C[C@H](NC(=O)c1cc(Cl)cnc1Oc1ccc(Cl)c(Cl)c1)c1ccccc1. The molecule has 0 bridgehead atoms. The van der Waals surface area contributed by atoms with Crippen LogP contribution in [0.2, 0.25) is 15.1 Å². The number of benzene rings is 2. The van der Waals surface area contributed by atoms with Gasteiger partial charge in [-0.1, -0.05) is 65.1 Å². The largest absolute Gasteiger partial charge is 0.438 e. The van der Waals surface area contributed by atoms with Gasteiger partial charge >= 0.3 is 0 Å². The standard InChI is InChI=1S/C20H15Cl3N2O2/c1-12(13-5-3-2-4-6-13)25-19(26)16-9-14(21)11-24-20(16)27-15-7-8-17(22)18(23)10-15/h2-12H,1H3,(H,25,26)/t12-/m0/s1. The Kier molecular flexibility index (Phi) is 6.22. The van der Waals surface area contributed by atoms with Crippen LogP contribution in [0.5, 0.6) is 11.6 Å². The Bertz CT molecular complexity index is 965. The van der Waals surface area contributed by atoms with Gasteiger partial charge in [-0.05, 0) is 30.7 Å². The molecule has 1 heterocycles. The third kappa shape index (κ3) is 4.92. The van der Waals surface area contributed by atoms with E-state index < -0.39 is 0 Å². The first-order chi connectivity index (χ1) is 12.9. The highest BCUT2D eigenvalue weighted by atomic mass is 35.5. The molecule has 2 aromatic carbocycles. The maximum atomic E-state index is 12.8.